The Morgan fingerprint density at radius 2 is 2.06 bits per heavy atom. The fourth-order valence-corrected chi connectivity index (χ4v) is 3.98. The molecule has 0 aliphatic carbocycles. The molecular weight excluding hydrogens is 468 g/mol. The van der Waals surface area contributed by atoms with Gasteiger partial charge in [-0.25, -0.2) is 9.79 Å². The van der Waals surface area contributed by atoms with E-state index < -0.39 is 10.9 Å². The van der Waals surface area contributed by atoms with E-state index in [0.717, 1.165) is 4.88 Å². The SMILES string of the molecule is CCOc1cc(/C=C2\N=C(c3cccs3)OC2=O)cc(Cl)c1OCc1cccc([N+](=O)[O-])c1. The van der Waals surface area contributed by atoms with Crippen LogP contribution in [0.1, 0.15) is 22.9 Å². The molecule has 1 aliphatic rings. The van der Waals surface area contributed by atoms with Crippen molar-refractivity contribution in [2.45, 2.75) is 13.5 Å². The summed E-state index contributed by atoms with van der Waals surface area (Å²) < 4.78 is 16.8. The van der Waals surface area contributed by atoms with Crippen molar-refractivity contribution in [3.8, 4) is 11.5 Å². The lowest BCUT2D eigenvalue weighted by Gasteiger charge is -2.14. The summed E-state index contributed by atoms with van der Waals surface area (Å²) in [4.78, 5) is 27.8. The molecule has 0 radical (unpaired) electrons. The molecule has 4 rings (SSSR count). The van der Waals surface area contributed by atoms with Crippen molar-refractivity contribution in [1.29, 1.82) is 0 Å². The number of esters is 1. The summed E-state index contributed by atoms with van der Waals surface area (Å²) in [5.74, 6) is 0.368. The first-order valence-electron chi connectivity index (χ1n) is 9.83. The van der Waals surface area contributed by atoms with Crippen LogP contribution in [-0.2, 0) is 16.1 Å². The maximum absolute atomic E-state index is 12.2. The summed E-state index contributed by atoms with van der Waals surface area (Å²) >= 11 is 7.88. The maximum Gasteiger partial charge on any atom is 0.363 e. The van der Waals surface area contributed by atoms with Crippen molar-refractivity contribution >= 4 is 46.6 Å². The molecule has 0 N–H and O–H groups in total. The van der Waals surface area contributed by atoms with Gasteiger partial charge in [0.25, 0.3) is 5.69 Å². The van der Waals surface area contributed by atoms with Gasteiger partial charge in [0.1, 0.15) is 6.61 Å². The second kappa shape index (κ2) is 9.85. The van der Waals surface area contributed by atoms with Crippen LogP contribution in [0, 0.1) is 10.1 Å². The van der Waals surface area contributed by atoms with Crippen LogP contribution in [0.15, 0.2) is 64.6 Å². The molecular formula is C23H17ClN2O6S. The number of nitro groups is 1. The molecule has 2 aromatic carbocycles. The minimum Gasteiger partial charge on any atom is -0.490 e. The molecule has 0 spiro atoms. The first-order valence-corrected chi connectivity index (χ1v) is 11.1. The van der Waals surface area contributed by atoms with Crippen LogP contribution in [-0.4, -0.2) is 23.4 Å². The lowest BCUT2D eigenvalue weighted by molar-refractivity contribution is -0.384. The van der Waals surface area contributed by atoms with Gasteiger partial charge in [-0.3, -0.25) is 10.1 Å². The Morgan fingerprint density at radius 1 is 1.21 bits per heavy atom. The van der Waals surface area contributed by atoms with Crippen LogP contribution in [0.2, 0.25) is 5.02 Å². The van der Waals surface area contributed by atoms with Crippen LogP contribution in [0.3, 0.4) is 0 Å². The summed E-state index contributed by atoms with van der Waals surface area (Å²) in [6.07, 6.45) is 1.56. The highest BCUT2D eigenvalue weighted by Gasteiger charge is 2.25. The van der Waals surface area contributed by atoms with Crippen molar-refractivity contribution in [1.82, 2.24) is 0 Å². The number of rotatable bonds is 8. The molecule has 8 nitrogen and oxygen atoms in total. The number of cyclic esters (lactones) is 1. The van der Waals surface area contributed by atoms with E-state index in [-0.39, 0.29) is 28.9 Å². The molecule has 0 saturated heterocycles. The zero-order valence-electron chi connectivity index (χ0n) is 17.3. The lowest BCUT2D eigenvalue weighted by atomic mass is 10.1. The standard InChI is InChI=1S/C23H17ClN2O6S/c1-2-30-19-12-15(11-18-23(27)32-22(25-18)20-7-4-8-33-20)10-17(24)21(19)31-13-14-5-3-6-16(9-14)26(28)29/h3-12H,2,13H2,1H3/b18-11-. The summed E-state index contributed by atoms with van der Waals surface area (Å²) in [7, 11) is 0. The number of carbonyl (C=O) groups excluding carboxylic acids is 1. The highest BCUT2D eigenvalue weighted by Crippen LogP contribution is 2.38. The number of aliphatic imine (C=N–C) groups is 1. The minimum absolute atomic E-state index is 0.0277. The van der Waals surface area contributed by atoms with Crippen LogP contribution in [0.4, 0.5) is 5.69 Å². The average molecular weight is 485 g/mol. The fraction of sp³-hybridized carbons (Fsp3) is 0.130. The Morgan fingerprint density at radius 3 is 2.79 bits per heavy atom. The van der Waals surface area contributed by atoms with E-state index in [9.17, 15) is 14.9 Å². The van der Waals surface area contributed by atoms with Crippen molar-refractivity contribution in [2.24, 2.45) is 4.99 Å². The summed E-state index contributed by atoms with van der Waals surface area (Å²) in [6.45, 7) is 2.23. The average Bonchev–Trinajstić information content (AvgIpc) is 3.44. The lowest BCUT2D eigenvalue weighted by Crippen LogP contribution is -2.03. The van der Waals surface area contributed by atoms with Gasteiger partial charge in [-0.1, -0.05) is 29.8 Å². The third kappa shape index (κ3) is 5.21. The monoisotopic (exact) mass is 484 g/mol. The number of hydrogen-bond donors (Lipinski definition) is 0. The molecule has 33 heavy (non-hydrogen) atoms. The van der Waals surface area contributed by atoms with Gasteiger partial charge < -0.3 is 14.2 Å². The van der Waals surface area contributed by atoms with Gasteiger partial charge in [0.15, 0.2) is 17.2 Å². The van der Waals surface area contributed by atoms with Gasteiger partial charge in [0.05, 0.1) is 21.4 Å². The fourth-order valence-electron chi connectivity index (χ4n) is 3.06. The molecule has 0 amide bonds. The van der Waals surface area contributed by atoms with Crippen molar-refractivity contribution in [2.75, 3.05) is 6.61 Å². The van der Waals surface area contributed by atoms with Crippen LogP contribution >= 0.6 is 22.9 Å². The third-order valence-electron chi connectivity index (χ3n) is 4.49. The van der Waals surface area contributed by atoms with Crippen molar-refractivity contribution < 1.29 is 23.9 Å². The number of thiophene rings is 1. The molecule has 1 aromatic heterocycles. The van der Waals surface area contributed by atoms with Gasteiger partial charge >= 0.3 is 5.97 Å². The quantitative estimate of drug-likeness (QED) is 0.178. The van der Waals surface area contributed by atoms with Gasteiger partial charge in [-0.15, -0.1) is 11.3 Å². The van der Waals surface area contributed by atoms with E-state index in [2.05, 4.69) is 4.99 Å². The summed E-state index contributed by atoms with van der Waals surface area (Å²) in [5, 5.41) is 13.1. The topological polar surface area (TPSA) is 100 Å². The van der Waals surface area contributed by atoms with Gasteiger partial charge in [-0.2, -0.15) is 0 Å². The van der Waals surface area contributed by atoms with Gasteiger partial charge in [0.2, 0.25) is 5.90 Å². The molecule has 168 valence electrons. The van der Waals surface area contributed by atoms with E-state index in [4.69, 9.17) is 25.8 Å². The Kier molecular flexibility index (Phi) is 6.71. The predicted molar refractivity (Wildman–Crippen MR) is 125 cm³/mol. The number of carbonyl (C=O) groups is 1. The number of halogens is 1. The highest BCUT2D eigenvalue weighted by molar-refractivity contribution is 7.12. The van der Waals surface area contributed by atoms with Crippen LogP contribution in [0.25, 0.3) is 6.08 Å². The number of hydrogen-bond acceptors (Lipinski definition) is 8. The summed E-state index contributed by atoms with van der Waals surface area (Å²) in [5.41, 5.74) is 1.30. The minimum atomic E-state index is -0.557. The summed E-state index contributed by atoms with van der Waals surface area (Å²) in [6, 6.07) is 13.1. The zero-order chi connectivity index (χ0) is 23.4. The Hall–Kier alpha value is -3.69. The van der Waals surface area contributed by atoms with E-state index in [1.807, 2.05) is 24.4 Å². The van der Waals surface area contributed by atoms with Crippen molar-refractivity contribution in [3.05, 3.63) is 90.7 Å². The molecule has 0 saturated carbocycles. The maximum atomic E-state index is 12.2. The van der Waals surface area contributed by atoms with Gasteiger partial charge in [0, 0.05) is 12.1 Å². The molecule has 2 heterocycles. The number of benzene rings is 2. The van der Waals surface area contributed by atoms with E-state index >= 15 is 0 Å². The van der Waals surface area contributed by atoms with Crippen LogP contribution < -0.4 is 9.47 Å². The molecule has 0 unspecified atom stereocenters. The van der Waals surface area contributed by atoms with E-state index in [0.29, 0.717) is 29.2 Å². The van der Waals surface area contributed by atoms with Crippen molar-refractivity contribution in [3.63, 3.8) is 0 Å². The first-order chi connectivity index (χ1) is 15.9. The molecule has 3 aromatic rings. The Bertz CT molecular complexity index is 1270. The number of non-ortho nitro benzene ring substituents is 1. The van der Waals surface area contributed by atoms with Crippen LogP contribution in [0.5, 0.6) is 11.5 Å². The van der Waals surface area contributed by atoms with E-state index in [1.165, 1.54) is 23.5 Å². The first kappa shape index (κ1) is 22.5. The largest absolute Gasteiger partial charge is 0.490 e. The molecule has 0 atom stereocenters. The Balaban J connectivity index is 1.59. The number of nitrogens with zero attached hydrogens (tertiary/aromatic N) is 2. The smallest absolute Gasteiger partial charge is 0.363 e. The molecule has 10 heteroatoms. The highest BCUT2D eigenvalue weighted by atomic mass is 35.5. The molecule has 0 bridgehead atoms. The normalized spacial score (nSPS) is 14.2. The Labute approximate surface area is 197 Å². The second-order valence-electron chi connectivity index (χ2n) is 6.79. The number of ether oxygens (including phenoxy) is 3. The zero-order valence-corrected chi connectivity index (χ0v) is 18.9. The number of nitro benzene ring substituents is 1. The molecule has 0 fully saturated rings. The second-order valence-corrected chi connectivity index (χ2v) is 8.15. The predicted octanol–water partition coefficient (Wildman–Crippen LogP) is 5.63. The third-order valence-corrected chi connectivity index (χ3v) is 5.63. The molecule has 1 aliphatic heterocycles. The van der Waals surface area contributed by atoms with E-state index in [1.54, 1.807) is 30.3 Å². The van der Waals surface area contributed by atoms with Gasteiger partial charge in [-0.05, 0) is 47.7 Å².